The van der Waals surface area contributed by atoms with Gasteiger partial charge < -0.3 is 10.6 Å². The fraction of sp³-hybridized carbons (Fsp3) is 0.357. The Morgan fingerprint density at radius 3 is 2.70 bits per heavy atom. The number of nitrogen functional groups attached to an aromatic ring is 1. The molecule has 0 saturated heterocycles. The Morgan fingerprint density at radius 2 is 2.04 bits per heavy atom. The van der Waals surface area contributed by atoms with Crippen LogP contribution in [0.4, 0.5) is 0 Å². The maximum atomic E-state index is 11.7. The summed E-state index contributed by atoms with van der Waals surface area (Å²) < 4.78 is 6.50. The molecule has 2 aromatic rings. The second kappa shape index (κ2) is 6.98. The molecule has 0 aliphatic carbocycles. The van der Waals surface area contributed by atoms with E-state index in [1.165, 1.54) is 4.68 Å². The van der Waals surface area contributed by atoms with Gasteiger partial charge in [-0.25, -0.2) is 4.68 Å². The van der Waals surface area contributed by atoms with Gasteiger partial charge in [0.05, 0.1) is 10.8 Å². The molecule has 2 N–H and O–H groups in total. The van der Waals surface area contributed by atoms with E-state index in [9.17, 15) is 4.79 Å². The zero-order chi connectivity index (χ0) is 17.2. The molecule has 0 bridgehead atoms. The van der Waals surface area contributed by atoms with Gasteiger partial charge in [-0.3, -0.25) is 4.79 Å². The number of nitrogens with zero attached hydrogens (tertiary/aromatic N) is 3. The molecular formula is C14H16Cl2N4O2S. The average molecular weight is 375 g/mol. The highest BCUT2D eigenvalue weighted by Gasteiger charge is 2.19. The van der Waals surface area contributed by atoms with E-state index >= 15 is 0 Å². The van der Waals surface area contributed by atoms with Crippen LogP contribution < -0.4 is 5.84 Å². The third-order valence-electron chi connectivity index (χ3n) is 2.57. The van der Waals surface area contributed by atoms with Crippen molar-refractivity contribution in [1.82, 2.24) is 14.9 Å². The quantitative estimate of drug-likeness (QED) is 0.501. The number of thioether (sulfide) groups is 1. The number of carbonyl (C=O) groups excluding carboxylic acids is 1. The number of ether oxygens (including phenoxy) is 1. The lowest BCUT2D eigenvalue weighted by Gasteiger charge is -2.19. The standard InChI is InChI=1S/C14H16Cl2N4O2S/c1-14(2,3)22-11(21)7-23-13-19-18-12(20(13)17)9-6-8(15)4-5-10(9)16/h4-6H,7,17H2,1-3H3. The summed E-state index contributed by atoms with van der Waals surface area (Å²) in [4.78, 5) is 11.7. The predicted molar refractivity (Wildman–Crippen MR) is 92.2 cm³/mol. The number of carbonyl (C=O) groups is 1. The van der Waals surface area contributed by atoms with Gasteiger partial charge in [0.25, 0.3) is 0 Å². The highest BCUT2D eigenvalue weighted by Crippen LogP contribution is 2.30. The van der Waals surface area contributed by atoms with Crippen molar-refractivity contribution in [2.24, 2.45) is 0 Å². The van der Waals surface area contributed by atoms with Gasteiger partial charge in [-0.05, 0) is 39.0 Å². The van der Waals surface area contributed by atoms with Gasteiger partial charge >= 0.3 is 5.97 Å². The van der Waals surface area contributed by atoms with Crippen LogP contribution in [0.1, 0.15) is 20.8 Å². The molecule has 1 aromatic heterocycles. The molecule has 0 fully saturated rings. The van der Waals surface area contributed by atoms with Crippen LogP contribution in [-0.2, 0) is 9.53 Å². The van der Waals surface area contributed by atoms with Gasteiger partial charge in [0.2, 0.25) is 5.16 Å². The number of hydrogen-bond acceptors (Lipinski definition) is 6. The van der Waals surface area contributed by atoms with E-state index in [-0.39, 0.29) is 11.7 Å². The van der Waals surface area contributed by atoms with Crippen LogP contribution in [0.15, 0.2) is 23.4 Å². The lowest BCUT2D eigenvalue weighted by Crippen LogP contribution is -2.25. The monoisotopic (exact) mass is 374 g/mol. The Morgan fingerprint density at radius 1 is 1.35 bits per heavy atom. The summed E-state index contributed by atoms with van der Waals surface area (Å²) in [6.45, 7) is 5.42. The number of nitrogens with two attached hydrogens (primary N) is 1. The van der Waals surface area contributed by atoms with Crippen LogP contribution in [0.2, 0.25) is 10.0 Å². The van der Waals surface area contributed by atoms with E-state index in [1.54, 1.807) is 39.0 Å². The first-order valence-electron chi connectivity index (χ1n) is 6.68. The van der Waals surface area contributed by atoms with E-state index in [2.05, 4.69) is 10.2 Å². The van der Waals surface area contributed by atoms with Crippen LogP contribution in [-0.4, -0.2) is 32.2 Å². The Bertz CT molecular complexity index is 728. The predicted octanol–water partition coefficient (Wildman–Crippen LogP) is 3.40. The van der Waals surface area contributed by atoms with Crippen LogP contribution in [0, 0.1) is 0 Å². The van der Waals surface area contributed by atoms with Gasteiger partial charge in [-0.15, -0.1) is 10.2 Å². The molecule has 0 saturated carbocycles. The second-order valence-corrected chi connectivity index (χ2v) is 7.46. The molecule has 2 rings (SSSR count). The van der Waals surface area contributed by atoms with E-state index in [0.29, 0.717) is 26.6 Å². The zero-order valence-corrected chi connectivity index (χ0v) is 15.2. The van der Waals surface area contributed by atoms with E-state index in [1.807, 2.05) is 0 Å². The molecule has 1 aromatic carbocycles. The molecule has 0 atom stereocenters. The Labute approximate surface area is 148 Å². The van der Waals surface area contributed by atoms with Crippen LogP contribution >= 0.6 is 35.0 Å². The van der Waals surface area contributed by atoms with Crippen LogP contribution in [0.5, 0.6) is 0 Å². The van der Waals surface area contributed by atoms with Crippen molar-refractivity contribution < 1.29 is 9.53 Å². The molecule has 23 heavy (non-hydrogen) atoms. The number of rotatable bonds is 4. The topological polar surface area (TPSA) is 83.0 Å². The smallest absolute Gasteiger partial charge is 0.316 e. The average Bonchev–Trinajstić information content (AvgIpc) is 2.78. The summed E-state index contributed by atoms with van der Waals surface area (Å²) in [5.74, 6) is 6.08. The number of halogens is 2. The summed E-state index contributed by atoms with van der Waals surface area (Å²) in [6.07, 6.45) is 0. The van der Waals surface area contributed by atoms with Gasteiger partial charge in [-0.2, -0.15) is 0 Å². The first-order valence-corrected chi connectivity index (χ1v) is 8.42. The van der Waals surface area contributed by atoms with E-state index in [0.717, 1.165) is 11.8 Å². The van der Waals surface area contributed by atoms with Crippen LogP contribution in [0.3, 0.4) is 0 Å². The maximum Gasteiger partial charge on any atom is 0.316 e. The lowest BCUT2D eigenvalue weighted by molar-refractivity contribution is -0.151. The van der Waals surface area contributed by atoms with Gasteiger partial charge in [-0.1, -0.05) is 35.0 Å². The fourth-order valence-corrected chi connectivity index (χ4v) is 2.73. The van der Waals surface area contributed by atoms with E-state index < -0.39 is 5.60 Å². The molecule has 6 nitrogen and oxygen atoms in total. The minimum Gasteiger partial charge on any atom is -0.459 e. The highest BCUT2D eigenvalue weighted by atomic mass is 35.5. The third kappa shape index (κ3) is 4.76. The van der Waals surface area contributed by atoms with E-state index in [4.69, 9.17) is 33.8 Å². The summed E-state index contributed by atoms with van der Waals surface area (Å²) in [5, 5.41) is 9.33. The number of esters is 1. The molecule has 124 valence electrons. The first kappa shape index (κ1) is 17.9. The SMILES string of the molecule is CC(C)(C)OC(=O)CSc1nnc(-c2cc(Cl)ccc2Cl)n1N. The minimum absolute atomic E-state index is 0.0792. The lowest BCUT2D eigenvalue weighted by atomic mass is 10.2. The van der Waals surface area contributed by atoms with Crippen molar-refractivity contribution in [2.75, 3.05) is 11.6 Å². The Hall–Kier alpha value is -1.44. The van der Waals surface area contributed by atoms with Gasteiger partial charge in [0.15, 0.2) is 5.82 Å². The van der Waals surface area contributed by atoms with Crippen LogP contribution in [0.25, 0.3) is 11.4 Å². The van der Waals surface area contributed by atoms with Gasteiger partial charge in [0, 0.05) is 10.6 Å². The maximum absolute atomic E-state index is 11.7. The molecule has 0 unspecified atom stereocenters. The minimum atomic E-state index is -0.534. The summed E-state index contributed by atoms with van der Waals surface area (Å²) in [7, 11) is 0. The third-order valence-corrected chi connectivity index (χ3v) is 4.05. The molecule has 0 radical (unpaired) electrons. The molecule has 0 aliphatic rings. The van der Waals surface area contributed by atoms with Crippen molar-refractivity contribution in [2.45, 2.75) is 31.5 Å². The Kier molecular flexibility index (Phi) is 5.44. The largest absolute Gasteiger partial charge is 0.459 e. The van der Waals surface area contributed by atoms with Gasteiger partial charge in [0.1, 0.15) is 5.60 Å². The van der Waals surface area contributed by atoms with Crippen molar-refractivity contribution in [1.29, 1.82) is 0 Å². The molecule has 0 spiro atoms. The number of benzene rings is 1. The molecule has 0 amide bonds. The summed E-state index contributed by atoms with van der Waals surface area (Å²) in [5.41, 5.74) is 0.0336. The number of hydrogen-bond donors (Lipinski definition) is 1. The fourth-order valence-electron chi connectivity index (χ4n) is 1.72. The van der Waals surface area contributed by atoms with Crippen molar-refractivity contribution in [3.63, 3.8) is 0 Å². The summed E-state index contributed by atoms with van der Waals surface area (Å²) in [6, 6.07) is 4.98. The molecule has 0 aliphatic heterocycles. The zero-order valence-electron chi connectivity index (χ0n) is 12.8. The van der Waals surface area contributed by atoms with Crippen molar-refractivity contribution >= 4 is 40.9 Å². The molecule has 1 heterocycles. The normalized spacial score (nSPS) is 11.5. The highest BCUT2D eigenvalue weighted by molar-refractivity contribution is 7.99. The Balaban J connectivity index is 2.14. The first-order chi connectivity index (χ1) is 10.7. The summed E-state index contributed by atoms with van der Waals surface area (Å²) >= 11 is 13.2. The van der Waals surface area contributed by atoms with Crippen molar-refractivity contribution in [3.05, 3.63) is 28.2 Å². The molecule has 9 heteroatoms. The second-order valence-electron chi connectivity index (χ2n) is 5.68. The van der Waals surface area contributed by atoms with Crippen molar-refractivity contribution in [3.8, 4) is 11.4 Å². The number of aromatic nitrogens is 3. The molecular weight excluding hydrogens is 359 g/mol.